The zero-order valence-electron chi connectivity index (χ0n) is 12.5. The molecule has 3 heteroatoms. The summed E-state index contributed by atoms with van der Waals surface area (Å²) in [7, 11) is 2.03. The van der Waals surface area contributed by atoms with Crippen LogP contribution in [0.1, 0.15) is 26.5 Å². The van der Waals surface area contributed by atoms with E-state index >= 15 is 0 Å². The van der Waals surface area contributed by atoms with Gasteiger partial charge in [-0.05, 0) is 37.4 Å². The normalized spacial score (nSPS) is 14.7. The Labute approximate surface area is 116 Å². The lowest BCUT2D eigenvalue weighted by Gasteiger charge is -2.19. The predicted molar refractivity (Wildman–Crippen MR) is 81.3 cm³/mol. The van der Waals surface area contributed by atoms with E-state index in [0.29, 0.717) is 11.8 Å². The van der Waals surface area contributed by atoms with Gasteiger partial charge in [0.1, 0.15) is 0 Å². The minimum Gasteiger partial charge on any atom is -0.317 e. The molecule has 2 atom stereocenters. The number of nitrogens with one attached hydrogen (secondary N) is 1. The lowest BCUT2D eigenvalue weighted by Crippen LogP contribution is -2.26. The van der Waals surface area contributed by atoms with E-state index in [1.807, 2.05) is 11.7 Å². The number of rotatable bonds is 6. The van der Waals surface area contributed by atoms with Crippen molar-refractivity contribution >= 4 is 10.9 Å². The molecule has 2 rings (SSSR count). The van der Waals surface area contributed by atoms with Crippen molar-refractivity contribution in [3.8, 4) is 0 Å². The average Bonchev–Trinajstić information content (AvgIpc) is 2.73. The Kier molecular flexibility index (Phi) is 4.59. The van der Waals surface area contributed by atoms with E-state index in [0.717, 1.165) is 19.5 Å². The minimum atomic E-state index is 0.636. The van der Waals surface area contributed by atoms with E-state index in [1.165, 1.54) is 16.6 Å². The van der Waals surface area contributed by atoms with Crippen molar-refractivity contribution in [1.29, 1.82) is 0 Å². The highest BCUT2D eigenvalue weighted by Crippen LogP contribution is 2.23. The molecule has 0 aliphatic carbocycles. The first kappa shape index (κ1) is 14.1. The lowest BCUT2D eigenvalue weighted by atomic mass is 9.90. The molecule has 0 bridgehead atoms. The molecule has 1 heterocycles. The summed E-state index contributed by atoms with van der Waals surface area (Å²) in [5, 5.41) is 9.42. The molecule has 0 spiro atoms. The number of nitrogens with zero attached hydrogens (tertiary/aromatic N) is 2. The van der Waals surface area contributed by atoms with E-state index in [2.05, 4.69) is 55.5 Å². The molecule has 0 fully saturated rings. The van der Waals surface area contributed by atoms with Gasteiger partial charge < -0.3 is 5.32 Å². The molecular formula is C16H25N3. The molecule has 104 valence electrons. The smallest absolute Gasteiger partial charge is 0.0706 e. The SMILES string of the molecule is CCNCC(C)C(C)Cc1nn(C)c2ccccc12. The van der Waals surface area contributed by atoms with Gasteiger partial charge >= 0.3 is 0 Å². The van der Waals surface area contributed by atoms with Crippen LogP contribution in [0.15, 0.2) is 24.3 Å². The van der Waals surface area contributed by atoms with Crippen LogP contribution in [0.3, 0.4) is 0 Å². The molecule has 0 amide bonds. The van der Waals surface area contributed by atoms with Crippen LogP contribution in [0.25, 0.3) is 10.9 Å². The van der Waals surface area contributed by atoms with Gasteiger partial charge in [0.15, 0.2) is 0 Å². The maximum atomic E-state index is 4.69. The van der Waals surface area contributed by atoms with Crippen molar-refractivity contribution in [2.45, 2.75) is 27.2 Å². The molecule has 1 aromatic carbocycles. The second-order valence-corrected chi connectivity index (χ2v) is 5.55. The van der Waals surface area contributed by atoms with Crippen LogP contribution in [0, 0.1) is 11.8 Å². The zero-order chi connectivity index (χ0) is 13.8. The van der Waals surface area contributed by atoms with E-state index in [4.69, 9.17) is 0 Å². The summed E-state index contributed by atoms with van der Waals surface area (Å²) in [5.41, 5.74) is 2.46. The third-order valence-electron chi connectivity index (χ3n) is 4.04. The molecular weight excluding hydrogens is 234 g/mol. The van der Waals surface area contributed by atoms with Crippen molar-refractivity contribution in [2.24, 2.45) is 18.9 Å². The summed E-state index contributed by atoms with van der Waals surface area (Å²) < 4.78 is 1.99. The largest absolute Gasteiger partial charge is 0.317 e. The quantitative estimate of drug-likeness (QED) is 0.864. The van der Waals surface area contributed by atoms with Crippen molar-refractivity contribution in [3.63, 3.8) is 0 Å². The summed E-state index contributed by atoms with van der Waals surface area (Å²) in [6, 6.07) is 8.49. The lowest BCUT2D eigenvalue weighted by molar-refractivity contribution is 0.365. The van der Waals surface area contributed by atoms with Crippen molar-refractivity contribution in [2.75, 3.05) is 13.1 Å². The molecule has 19 heavy (non-hydrogen) atoms. The zero-order valence-corrected chi connectivity index (χ0v) is 12.5. The predicted octanol–water partition coefficient (Wildman–Crippen LogP) is 3.00. The summed E-state index contributed by atoms with van der Waals surface area (Å²) in [4.78, 5) is 0. The topological polar surface area (TPSA) is 29.9 Å². The first-order valence-electron chi connectivity index (χ1n) is 7.24. The van der Waals surface area contributed by atoms with Crippen LogP contribution in [0.2, 0.25) is 0 Å². The monoisotopic (exact) mass is 259 g/mol. The standard InChI is InChI=1S/C16H25N3/c1-5-17-11-13(3)12(2)10-15-14-8-6-7-9-16(14)19(4)18-15/h6-9,12-13,17H,5,10-11H2,1-4H3. The van der Waals surface area contributed by atoms with Crippen molar-refractivity contribution in [1.82, 2.24) is 15.1 Å². The number of aromatic nitrogens is 2. The van der Waals surface area contributed by atoms with Crippen LogP contribution in [-0.2, 0) is 13.5 Å². The number of aryl methyl sites for hydroxylation is 1. The van der Waals surface area contributed by atoms with Crippen LogP contribution >= 0.6 is 0 Å². The average molecular weight is 259 g/mol. The van der Waals surface area contributed by atoms with Gasteiger partial charge in [0.05, 0.1) is 11.2 Å². The fraction of sp³-hybridized carbons (Fsp3) is 0.562. The second-order valence-electron chi connectivity index (χ2n) is 5.55. The first-order chi connectivity index (χ1) is 9.13. The van der Waals surface area contributed by atoms with E-state index in [-0.39, 0.29) is 0 Å². The third-order valence-corrected chi connectivity index (χ3v) is 4.04. The summed E-state index contributed by atoms with van der Waals surface area (Å²) in [6.45, 7) is 8.93. The molecule has 0 saturated heterocycles. The van der Waals surface area contributed by atoms with E-state index in [9.17, 15) is 0 Å². The molecule has 1 N–H and O–H groups in total. The highest BCUT2D eigenvalue weighted by atomic mass is 15.3. The van der Waals surface area contributed by atoms with Crippen LogP contribution in [0.5, 0.6) is 0 Å². The third kappa shape index (κ3) is 3.16. The molecule has 1 aromatic heterocycles. The van der Waals surface area contributed by atoms with E-state index < -0.39 is 0 Å². The fourth-order valence-corrected chi connectivity index (χ4v) is 2.52. The molecule has 0 aliphatic heterocycles. The van der Waals surface area contributed by atoms with Crippen molar-refractivity contribution < 1.29 is 0 Å². The van der Waals surface area contributed by atoms with Gasteiger partial charge in [-0.1, -0.05) is 39.0 Å². The molecule has 2 aromatic rings. The van der Waals surface area contributed by atoms with Gasteiger partial charge in [0, 0.05) is 12.4 Å². The molecule has 0 saturated carbocycles. The Hall–Kier alpha value is -1.35. The van der Waals surface area contributed by atoms with Gasteiger partial charge in [0.25, 0.3) is 0 Å². The van der Waals surface area contributed by atoms with Crippen LogP contribution in [0.4, 0.5) is 0 Å². The number of hydrogen-bond donors (Lipinski definition) is 1. The highest BCUT2D eigenvalue weighted by molar-refractivity contribution is 5.81. The number of hydrogen-bond acceptors (Lipinski definition) is 2. The second kappa shape index (κ2) is 6.20. The minimum absolute atomic E-state index is 0.636. The van der Waals surface area contributed by atoms with Gasteiger partial charge in [0.2, 0.25) is 0 Å². The summed E-state index contributed by atoms with van der Waals surface area (Å²) in [5.74, 6) is 1.30. The Bertz CT molecular complexity index is 530. The first-order valence-corrected chi connectivity index (χ1v) is 7.24. The maximum absolute atomic E-state index is 4.69. The van der Waals surface area contributed by atoms with Gasteiger partial charge in [-0.2, -0.15) is 5.10 Å². The Balaban J connectivity index is 2.13. The molecule has 3 nitrogen and oxygen atoms in total. The highest BCUT2D eigenvalue weighted by Gasteiger charge is 2.16. The van der Waals surface area contributed by atoms with Crippen molar-refractivity contribution in [3.05, 3.63) is 30.0 Å². The van der Waals surface area contributed by atoms with Crippen LogP contribution < -0.4 is 5.32 Å². The van der Waals surface area contributed by atoms with Gasteiger partial charge in [-0.15, -0.1) is 0 Å². The number of fused-ring (bicyclic) bond motifs is 1. The summed E-state index contributed by atoms with van der Waals surface area (Å²) in [6.07, 6.45) is 1.05. The number of para-hydroxylation sites is 1. The Morgan fingerprint density at radius 3 is 2.68 bits per heavy atom. The van der Waals surface area contributed by atoms with Crippen LogP contribution in [-0.4, -0.2) is 22.9 Å². The maximum Gasteiger partial charge on any atom is 0.0706 e. The van der Waals surface area contributed by atoms with Gasteiger partial charge in [-0.3, -0.25) is 4.68 Å². The summed E-state index contributed by atoms with van der Waals surface area (Å²) >= 11 is 0. The molecule has 2 unspecified atom stereocenters. The van der Waals surface area contributed by atoms with Gasteiger partial charge in [-0.25, -0.2) is 0 Å². The molecule has 0 aliphatic rings. The Morgan fingerprint density at radius 1 is 1.21 bits per heavy atom. The number of benzene rings is 1. The Morgan fingerprint density at radius 2 is 1.95 bits per heavy atom. The molecule has 0 radical (unpaired) electrons. The van der Waals surface area contributed by atoms with E-state index in [1.54, 1.807) is 0 Å². The fourth-order valence-electron chi connectivity index (χ4n) is 2.52.